The second-order valence-corrected chi connectivity index (χ2v) is 6.08. The predicted molar refractivity (Wildman–Crippen MR) is 87.0 cm³/mol. The lowest BCUT2D eigenvalue weighted by molar-refractivity contribution is 0.278. The Balaban J connectivity index is 1.93. The van der Waals surface area contributed by atoms with E-state index in [1.807, 2.05) is 6.07 Å². The highest BCUT2D eigenvalue weighted by Crippen LogP contribution is 2.29. The maximum Gasteiger partial charge on any atom is 0.161 e. The van der Waals surface area contributed by atoms with E-state index in [4.69, 9.17) is 9.47 Å². The summed E-state index contributed by atoms with van der Waals surface area (Å²) < 4.78 is 11.1. The van der Waals surface area contributed by atoms with Crippen molar-refractivity contribution in [1.82, 2.24) is 5.32 Å². The van der Waals surface area contributed by atoms with Crippen LogP contribution in [0.5, 0.6) is 11.5 Å². The van der Waals surface area contributed by atoms with Gasteiger partial charge in [-0.3, -0.25) is 0 Å². The second-order valence-electron chi connectivity index (χ2n) is 6.08. The van der Waals surface area contributed by atoms with Crippen LogP contribution in [0.4, 0.5) is 0 Å². The van der Waals surface area contributed by atoms with Gasteiger partial charge >= 0.3 is 0 Å². The Labute approximate surface area is 129 Å². The van der Waals surface area contributed by atoms with Crippen LogP contribution in [0.25, 0.3) is 0 Å². The molecule has 1 N–H and O–H groups in total. The fraction of sp³-hybridized carbons (Fsp3) is 0.667. The van der Waals surface area contributed by atoms with Crippen LogP contribution in [0.3, 0.4) is 0 Å². The lowest BCUT2D eigenvalue weighted by Gasteiger charge is -2.29. The van der Waals surface area contributed by atoms with Crippen molar-refractivity contribution in [2.24, 2.45) is 5.92 Å². The molecule has 2 rings (SSSR count). The molecular formula is C18H29NO2. The maximum absolute atomic E-state index is 5.70. The molecule has 0 aliphatic heterocycles. The quantitative estimate of drug-likeness (QED) is 0.818. The number of ether oxygens (including phenoxy) is 2. The van der Waals surface area contributed by atoms with E-state index >= 15 is 0 Å². The minimum Gasteiger partial charge on any atom is -0.493 e. The van der Waals surface area contributed by atoms with Gasteiger partial charge in [-0.15, -0.1) is 0 Å². The molecular weight excluding hydrogens is 262 g/mol. The van der Waals surface area contributed by atoms with Gasteiger partial charge in [0, 0.05) is 12.6 Å². The summed E-state index contributed by atoms with van der Waals surface area (Å²) in [6.07, 6.45) is 6.40. The molecule has 1 saturated carbocycles. The lowest BCUT2D eigenvalue weighted by Crippen LogP contribution is -2.36. The molecule has 0 radical (unpaired) electrons. The Hall–Kier alpha value is -1.22. The topological polar surface area (TPSA) is 30.5 Å². The molecule has 1 aromatic rings. The number of rotatable bonds is 7. The molecule has 0 aromatic heterocycles. The van der Waals surface area contributed by atoms with E-state index in [1.165, 1.54) is 31.2 Å². The van der Waals surface area contributed by atoms with Crippen LogP contribution in [0, 0.1) is 5.92 Å². The van der Waals surface area contributed by atoms with Crippen LogP contribution >= 0.6 is 0 Å². The molecule has 2 atom stereocenters. The van der Waals surface area contributed by atoms with E-state index < -0.39 is 0 Å². The zero-order valence-corrected chi connectivity index (χ0v) is 13.7. The van der Waals surface area contributed by atoms with E-state index in [1.54, 1.807) is 7.11 Å². The minimum atomic E-state index is 0.653. The fourth-order valence-corrected chi connectivity index (χ4v) is 3.02. The smallest absolute Gasteiger partial charge is 0.161 e. The normalized spacial score (nSPS) is 22.0. The van der Waals surface area contributed by atoms with Gasteiger partial charge < -0.3 is 14.8 Å². The van der Waals surface area contributed by atoms with Gasteiger partial charge in [-0.25, -0.2) is 0 Å². The SMILES string of the molecule is CCCOc1ccc(CNC2CCCCC2C)cc1OC. The molecule has 0 heterocycles. The Morgan fingerprint density at radius 1 is 1.19 bits per heavy atom. The number of hydrogen-bond acceptors (Lipinski definition) is 3. The molecule has 0 bridgehead atoms. The first-order chi connectivity index (χ1) is 10.2. The Morgan fingerprint density at radius 2 is 2.00 bits per heavy atom. The molecule has 2 unspecified atom stereocenters. The highest BCUT2D eigenvalue weighted by atomic mass is 16.5. The van der Waals surface area contributed by atoms with Crippen LogP contribution < -0.4 is 14.8 Å². The van der Waals surface area contributed by atoms with Gasteiger partial charge in [0.25, 0.3) is 0 Å². The summed E-state index contributed by atoms with van der Waals surface area (Å²) in [5.74, 6) is 2.46. The summed E-state index contributed by atoms with van der Waals surface area (Å²) in [4.78, 5) is 0. The molecule has 0 amide bonds. The summed E-state index contributed by atoms with van der Waals surface area (Å²) in [5, 5.41) is 3.71. The average molecular weight is 291 g/mol. The third kappa shape index (κ3) is 4.63. The first kappa shape index (κ1) is 16.2. The molecule has 118 valence electrons. The molecule has 1 aliphatic rings. The molecule has 3 heteroatoms. The van der Waals surface area contributed by atoms with Crippen molar-refractivity contribution >= 4 is 0 Å². The van der Waals surface area contributed by atoms with Crippen LogP contribution in [0.2, 0.25) is 0 Å². The maximum atomic E-state index is 5.70. The van der Waals surface area contributed by atoms with Crippen molar-refractivity contribution in [2.45, 2.75) is 58.5 Å². The van der Waals surface area contributed by atoms with E-state index in [9.17, 15) is 0 Å². The van der Waals surface area contributed by atoms with E-state index in [2.05, 4.69) is 31.3 Å². The van der Waals surface area contributed by atoms with Gasteiger partial charge in [0.15, 0.2) is 11.5 Å². The molecule has 1 aliphatic carbocycles. The van der Waals surface area contributed by atoms with Crippen molar-refractivity contribution in [3.8, 4) is 11.5 Å². The first-order valence-corrected chi connectivity index (χ1v) is 8.27. The zero-order valence-electron chi connectivity index (χ0n) is 13.7. The van der Waals surface area contributed by atoms with Crippen LogP contribution in [0.15, 0.2) is 18.2 Å². The molecule has 1 fully saturated rings. The monoisotopic (exact) mass is 291 g/mol. The highest BCUT2D eigenvalue weighted by Gasteiger charge is 2.20. The van der Waals surface area contributed by atoms with E-state index in [0.717, 1.165) is 37.0 Å². The van der Waals surface area contributed by atoms with Crippen LogP contribution in [-0.2, 0) is 6.54 Å². The molecule has 0 spiro atoms. The summed E-state index contributed by atoms with van der Waals surface area (Å²) in [6.45, 7) is 6.10. The molecule has 21 heavy (non-hydrogen) atoms. The Kier molecular flexibility index (Phi) is 6.37. The molecule has 1 aromatic carbocycles. The van der Waals surface area contributed by atoms with Crippen molar-refractivity contribution in [3.63, 3.8) is 0 Å². The van der Waals surface area contributed by atoms with Gasteiger partial charge in [0.1, 0.15) is 0 Å². The van der Waals surface area contributed by atoms with Crippen LogP contribution in [-0.4, -0.2) is 19.8 Å². The minimum absolute atomic E-state index is 0.653. The van der Waals surface area contributed by atoms with Crippen LogP contribution in [0.1, 0.15) is 51.5 Å². The third-order valence-electron chi connectivity index (χ3n) is 4.37. The standard InChI is InChI=1S/C18H29NO2/c1-4-11-21-17-10-9-15(12-18(17)20-3)13-19-16-8-6-5-7-14(16)2/h9-10,12,14,16,19H,4-8,11,13H2,1-3H3. The molecule has 3 nitrogen and oxygen atoms in total. The number of methoxy groups -OCH3 is 1. The van der Waals surface area contributed by atoms with Gasteiger partial charge in [-0.1, -0.05) is 32.8 Å². The third-order valence-corrected chi connectivity index (χ3v) is 4.37. The zero-order chi connectivity index (χ0) is 15.1. The van der Waals surface area contributed by atoms with Gasteiger partial charge in [-0.05, 0) is 42.9 Å². The first-order valence-electron chi connectivity index (χ1n) is 8.27. The number of hydrogen-bond donors (Lipinski definition) is 1. The summed E-state index contributed by atoms with van der Waals surface area (Å²) in [6, 6.07) is 6.90. The van der Waals surface area contributed by atoms with Gasteiger partial charge in [0.2, 0.25) is 0 Å². The Morgan fingerprint density at radius 3 is 2.71 bits per heavy atom. The summed E-state index contributed by atoms with van der Waals surface area (Å²) in [5.41, 5.74) is 1.26. The van der Waals surface area contributed by atoms with Gasteiger partial charge in [0.05, 0.1) is 13.7 Å². The number of benzene rings is 1. The Bertz CT molecular complexity index is 433. The van der Waals surface area contributed by atoms with E-state index in [0.29, 0.717) is 6.04 Å². The largest absolute Gasteiger partial charge is 0.493 e. The van der Waals surface area contributed by atoms with Crippen molar-refractivity contribution in [3.05, 3.63) is 23.8 Å². The summed E-state index contributed by atoms with van der Waals surface area (Å²) in [7, 11) is 1.70. The average Bonchev–Trinajstić information content (AvgIpc) is 2.52. The van der Waals surface area contributed by atoms with E-state index in [-0.39, 0.29) is 0 Å². The van der Waals surface area contributed by atoms with Gasteiger partial charge in [-0.2, -0.15) is 0 Å². The second kappa shape index (κ2) is 8.28. The fourth-order valence-electron chi connectivity index (χ4n) is 3.02. The van der Waals surface area contributed by atoms with Crippen molar-refractivity contribution in [1.29, 1.82) is 0 Å². The van der Waals surface area contributed by atoms with Crippen molar-refractivity contribution in [2.75, 3.05) is 13.7 Å². The lowest BCUT2D eigenvalue weighted by atomic mass is 9.86. The van der Waals surface area contributed by atoms with Crippen molar-refractivity contribution < 1.29 is 9.47 Å². The predicted octanol–water partition coefficient (Wildman–Crippen LogP) is 4.15. The highest BCUT2D eigenvalue weighted by molar-refractivity contribution is 5.42. The summed E-state index contributed by atoms with van der Waals surface area (Å²) >= 11 is 0. The molecule has 0 saturated heterocycles. The number of nitrogens with one attached hydrogen (secondary N) is 1.